The minimum absolute atomic E-state index is 0.0859. The minimum Gasteiger partial charge on any atom is -0.493 e. The Morgan fingerprint density at radius 1 is 1.00 bits per heavy atom. The highest BCUT2D eigenvalue weighted by Crippen LogP contribution is 2.50. The molecule has 3 aromatic rings. The smallest absolute Gasteiger partial charge is 0.263 e. The third kappa shape index (κ3) is 2.89. The van der Waals surface area contributed by atoms with Gasteiger partial charge in [0.25, 0.3) is 5.91 Å². The molecule has 2 aliphatic rings. The molecule has 2 heterocycles. The molecule has 0 unspecified atom stereocenters. The fourth-order valence-electron chi connectivity index (χ4n) is 4.28. The summed E-state index contributed by atoms with van der Waals surface area (Å²) in [5, 5.41) is 0. The molecular weight excluding hydrogens is 491 g/mol. The Labute approximate surface area is 188 Å². The van der Waals surface area contributed by atoms with Crippen LogP contribution < -0.4 is 14.4 Å². The molecular formula is C24H19IN2O3. The quantitative estimate of drug-likeness (QED) is 0.436. The number of amides is 1. The number of para-hydroxylation sites is 2. The highest BCUT2D eigenvalue weighted by Gasteiger charge is 2.43. The average molecular weight is 510 g/mol. The van der Waals surface area contributed by atoms with Gasteiger partial charge in [0.15, 0.2) is 11.5 Å². The van der Waals surface area contributed by atoms with Crippen LogP contribution in [0.1, 0.15) is 33.9 Å². The van der Waals surface area contributed by atoms with Crippen molar-refractivity contribution >= 4 is 45.6 Å². The number of benzene rings is 3. The molecule has 5 nitrogen and oxygen atoms in total. The molecule has 1 amide bonds. The van der Waals surface area contributed by atoms with Gasteiger partial charge in [0.05, 0.1) is 42.9 Å². The van der Waals surface area contributed by atoms with E-state index in [4.69, 9.17) is 14.5 Å². The summed E-state index contributed by atoms with van der Waals surface area (Å²) in [5.41, 5.74) is 5.13. The number of ether oxygens (including phenoxy) is 2. The molecule has 30 heavy (non-hydrogen) atoms. The Bertz CT molecular complexity index is 1190. The Hall–Kier alpha value is -2.87. The number of rotatable bonds is 3. The number of halogens is 1. The maximum atomic E-state index is 13.6. The molecule has 5 rings (SSSR count). The predicted molar refractivity (Wildman–Crippen MR) is 126 cm³/mol. The van der Waals surface area contributed by atoms with Crippen molar-refractivity contribution in [3.8, 4) is 11.5 Å². The summed E-state index contributed by atoms with van der Waals surface area (Å²) < 4.78 is 12.2. The zero-order valence-corrected chi connectivity index (χ0v) is 18.7. The average Bonchev–Trinajstić information content (AvgIpc) is 2.94. The van der Waals surface area contributed by atoms with Crippen molar-refractivity contribution in [2.24, 2.45) is 4.99 Å². The van der Waals surface area contributed by atoms with E-state index in [1.807, 2.05) is 41.3 Å². The van der Waals surface area contributed by atoms with E-state index >= 15 is 0 Å². The number of carbonyl (C=O) groups is 1. The van der Waals surface area contributed by atoms with Crippen molar-refractivity contribution in [3.63, 3.8) is 0 Å². The monoisotopic (exact) mass is 510 g/mol. The van der Waals surface area contributed by atoms with E-state index in [1.165, 1.54) is 3.57 Å². The second-order valence-corrected chi connectivity index (χ2v) is 8.46. The molecule has 1 atom stereocenters. The first-order valence-corrected chi connectivity index (χ1v) is 10.7. The lowest BCUT2D eigenvalue weighted by atomic mass is 9.96. The lowest BCUT2D eigenvalue weighted by Gasteiger charge is -2.24. The largest absolute Gasteiger partial charge is 0.493 e. The van der Waals surface area contributed by atoms with Crippen molar-refractivity contribution < 1.29 is 14.3 Å². The lowest BCUT2D eigenvalue weighted by molar-refractivity contribution is 0.0989. The van der Waals surface area contributed by atoms with E-state index in [2.05, 4.69) is 46.9 Å². The van der Waals surface area contributed by atoms with Gasteiger partial charge in [-0.2, -0.15) is 0 Å². The first kappa shape index (κ1) is 19.1. The first-order chi connectivity index (χ1) is 14.6. The summed E-state index contributed by atoms with van der Waals surface area (Å²) in [5.74, 6) is 0.956. The molecule has 0 bridgehead atoms. The van der Waals surface area contributed by atoms with Crippen LogP contribution >= 0.6 is 22.6 Å². The summed E-state index contributed by atoms with van der Waals surface area (Å²) >= 11 is 2.30. The zero-order valence-electron chi connectivity index (χ0n) is 16.6. The van der Waals surface area contributed by atoms with E-state index in [0.29, 0.717) is 23.5 Å². The molecule has 150 valence electrons. The second-order valence-electron chi connectivity index (χ2n) is 7.21. The maximum Gasteiger partial charge on any atom is 0.263 e. The van der Waals surface area contributed by atoms with Gasteiger partial charge in [-0.15, -0.1) is 0 Å². The van der Waals surface area contributed by atoms with Crippen LogP contribution in [0.2, 0.25) is 0 Å². The van der Waals surface area contributed by atoms with Gasteiger partial charge in [-0.1, -0.05) is 30.3 Å². The standard InChI is InChI=1S/C24H19IN2O3/c1-29-21-12-11-16-20-13-18(14-7-9-15(25)10-8-14)26-17-5-3-4-6-19(17)27(20)24(28)22(16)23(21)30-2/h3-12,20H,13H2,1-2H3/t20-/m0/s1. The van der Waals surface area contributed by atoms with E-state index in [1.54, 1.807) is 14.2 Å². The third-order valence-corrected chi connectivity index (χ3v) is 6.36. The van der Waals surface area contributed by atoms with E-state index in [9.17, 15) is 4.79 Å². The van der Waals surface area contributed by atoms with Crippen molar-refractivity contribution in [1.82, 2.24) is 0 Å². The number of nitrogens with zero attached hydrogens (tertiary/aromatic N) is 2. The summed E-state index contributed by atoms with van der Waals surface area (Å²) in [7, 11) is 3.15. The number of carbonyl (C=O) groups excluding carboxylic acids is 1. The minimum atomic E-state index is -0.158. The van der Waals surface area contributed by atoms with E-state index < -0.39 is 0 Å². The normalized spacial score (nSPS) is 16.9. The van der Waals surface area contributed by atoms with Crippen LogP contribution in [0.5, 0.6) is 11.5 Å². The molecule has 0 spiro atoms. The summed E-state index contributed by atoms with van der Waals surface area (Å²) in [4.78, 5) is 20.4. The second kappa shape index (κ2) is 7.43. The van der Waals surface area contributed by atoms with Crippen LogP contribution in [0.4, 0.5) is 11.4 Å². The number of fused-ring (bicyclic) bond motifs is 5. The van der Waals surface area contributed by atoms with Gasteiger partial charge in [0.1, 0.15) is 0 Å². The number of hydrogen-bond acceptors (Lipinski definition) is 4. The van der Waals surface area contributed by atoms with E-state index in [-0.39, 0.29) is 11.9 Å². The fraction of sp³-hybridized carbons (Fsp3) is 0.167. The van der Waals surface area contributed by atoms with Crippen LogP contribution in [0.3, 0.4) is 0 Å². The Balaban J connectivity index is 1.72. The van der Waals surface area contributed by atoms with Crippen LogP contribution in [-0.4, -0.2) is 25.8 Å². The van der Waals surface area contributed by atoms with Gasteiger partial charge in [-0.05, 0) is 64.0 Å². The van der Waals surface area contributed by atoms with Crippen molar-refractivity contribution in [3.05, 3.63) is 80.9 Å². The SMILES string of the molecule is COc1ccc2c(c1OC)C(=O)N1c3ccccc3N=C(c3ccc(I)cc3)C[C@@H]21. The van der Waals surface area contributed by atoms with E-state index in [0.717, 1.165) is 28.2 Å². The molecule has 0 radical (unpaired) electrons. The highest BCUT2D eigenvalue weighted by atomic mass is 127. The fourth-order valence-corrected chi connectivity index (χ4v) is 4.64. The predicted octanol–water partition coefficient (Wildman–Crippen LogP) is 5.53. The number of methoxy groups -OCH3 is 2. The molecule has 6 heteroatoms. The third-order valence-electron chi connectivity index (χ3n) is 5.64. The Morgan fingerprint density at radius 2 is 1.77 bits per heavy atom. The molecule has 0 saturated heterocycles. The van der Waals surface area contributed by atoms with Crippen LogP contribution in [0.15, 0.2) is 65.7 Å². The van der Waals surface area contributed by atoms with Gasteiger partial charge in [0, 0.05) is 9.99 Å². The van der Waals surface area contributed by atoms with Gasteiger partial charge in [-0.3, -0.25) is 14.7 Å². The van der Waals surface area contributed by atoms with Crippen LogP contribution in [0, 0.1) is 3.57 Å². The number of anilines is 1. The Kier molecular flexibility index (Phi) is 4.73. The first-order valence-electron chi connectivity index (χ1n) is 9.63. The molecule has 0 saturated carbocycles. The molecule has 3 aromatic carbocycles. The molecule has 0 fully saturated rings. The lowest BCUT2D eigenvalue weighted by Crippen LogP contribution is -2.28. The van der Waals surface area contributed by atoms with Crippen LogP contribution in [-0.2, 0) is 0 Å². The molecule has 2 aliphatic heterocycles. The van der Waals surface area contributed by atoms with Crippen molar-refractivity contribution in [2.75, 3.05) is 19.1 Å². The molecule has 0 N–H and O–H groups in total. The Morgan fingerprint density at radius 3 is 2.50 bits per heavy atom. The summed E-state index contributed by atoms with van der Waals surface area (Å²) in [6.45, 7) is 0. The summed E-state index contributed by atoms with van der Waals surface area (Å²) in [6.07, 6.45) is 0.615. The van der Waals surface area contributed by atoms with Crippen molar-refractivity contribution in [2.45, 2.75) is 12.5 Å². The molecule has 0 aromatic heterocycles. The van der Waals surface area contributed by atoms with Crippen LogP contribution in [0.25, 0.3) is 0 Å². The topological polar surface area (TPSA) is 51.1 Å². The maximum absolute atomic E-state index is 13.6. The summed E-state index contributed by atoms with van der Waals surface area (Å²) in [6, 6.07) is 19.8. The molecule has 0 aliphatic carbocycles. The number of aliphatic imine (C=N–C) groups is 1. The number of hydrogen-bond donors (Lipinski definition) is 0. The van der Waals surface area contributed by atoms with Crippen molar-refractivity contribution in [1.29, 1.82) is 0 Å². The van der Waals surface area contributed by atoms with Gasteiger partial charge in [-0.25, -0.2) is 0 Å². The van der Waals surface area contributed by atoms with Gasteiger partial charge in [0.2, 0.25) is 0 Å². The highest BCUT2D eigenvalue weighted by molar-refractivity contribution is 14.1. The van der Waals surface area contributed by atoms with Gasteiger partial charge < -0.3 is 9.47 Å². The zero-order chi connectivity index (χ0) is 20.8. The van der Waals surface area contributed by atoms with Gasteiger partial charge >= 0.3 is 0 Å².